The van der Waals surface area contributed by atoms with Crippen LogP contribution in [0.4, 0.5) is 5.95 Å². The van der Waals surface area contributed by atoms with Crippen LogP contribution in [-0.2, 0) is 0 Å². The Kier molecular flexibility index (Phi) is 2.72. The van der Waals surface area contributed by atoms with Gasteiger partial charge >= 0.3 is 0 Å². The van der Waals surface area contributed by atoms with Gasteiger partial charge in [0.25, 0.3) is 0 Å². The lowest BCUT2D eigenvalue weighted by Gasteiger charge is -2.26. The minimum absolute atomic E-state index is 0.699. The molecule has 1 fully saturated rings. The number of aromatic nitrogens is 2. The standard InChI is InChI=1S/C9H14N4/c1-2-7-13(8-3-1)12-9-10-5-4-6-11-9/h4-6H,1-3,7-8H2,(H,10,11,12). The molecule has 1 saturated heterocycles. The third kappa shape index (κ3) is 2.39. The van der Waals surface area contributed by atoms with E-state index in [1.165, 1.54) is 19.3 Å². The van der Waals surface area contributed by atoms with Crippen molar-refractivity contribution in [3.63, 3.8) is 0 Å². The summed E-state index contributed by atoms with van der Waals surface area (Å²) in [5.41, 5.74) is 3.19. The Morgan fingerprint density at radius 3 is 2.46 bits per heavy atom. The first kappa shape index (κ1) is 8.44. The van der Waals surface area contributed by atoms with Gasteiger partial charge in [-0.2, -0.15) is 0 Å². The van der Waals surface area contributed by atoms with Crippen molar-refractivity contribution in [2.75, 3.05) is 18.5 Å². The van der Waals surface area contributed by atoms with Crippen LogP contribution < -0.4 is 5.43 Å². The maximum absolute atomic E-state index is 4.11. The lowest BCUT2D eigenvalue weighted by molar-refractivity contribution is 0.271. The van der Waals surface area contributed by atoms with Crippen LogP contribution in [0.2, 0.25) is 0 Å². The Bertz CT molecular complexity index is 243. The number of hydrogen-bond acceptors (Lipinski definition) is 4. The van der Waals surface area contributed by atoms with Crippen molar-refractivity contribution in [3.05, 3.63) is 18.5 Å². The summed E-state index contributed by atoms with van der Waals surface area (Å²) in [6, 6.07) is 1.82. The van der Waals surface area contributed by atoms with E-state index in [-0.39, 0.29) is 0 Å². The van der Waals surface area contributed by atoms with Gasteiger partial charge in [0.05, 0.1) is 0 Å². The van der Waals surface area contributed by atoms with E-state index in [4.69, 9.17) is 0 Å². The quantitative estimate of drug-likeness (QED) is 0.741. The largest absolute Gasteiger partial charge is 0.287 e. The van der Waals surface area contributed by atoms with E-state index in [2.05, 4.69) is 20.4 Å². The Hall–Kier alpha value is -1.16. The fourth-order valence-electron chi connectivity index (χ4n) is 1.50. The lowest BCUT2D eigenvalue weighted by atomic mass is 10.2. The number of anilines is 1. The molecule has 1 aliphatic heterocycles. The van der Waals surface area contributed by atoms with Crippen molar-refractivity contribution in [2.45, 2.75) is 19.3 Å². The number of rotatable bonds is 2. The summed E-state index contributed by atoms with van der Waals surface area (Å²) in [5, 5.41) is 2.18. The summed E-state index contributed by atoms with van der Waals surface area (Å²) in [7, 11) is 0. The van der Waals surface area contributed by atoms with Crippen LogP contribution in [0.5, 0.6) is 0 Å². The third-order valence-electron chi connectivity index (χ3n) is 2.18. The number of hydrazine groups is 1. The van der Waals surface area contributed by atoms with Gasteiger partial charge in [0.1, 0.15) is 0 Å². The van der Waals surface area contributed by atoms with Crippen LogP contribution in [-0.4, -0.2) is 28.1 Å². The molecule has 0 radical (unpaired) electrons. The van der Waals surface area contributed by atoms with Crippen LogP contribution in [0, 0.1) is 0 Å². The van der Waals surface area contributed by atoms with Crippen molar-refractivity contribution >= 4 is 5.95 Å². The van der Waals surface area contributed by atoms with Crippen molar-refractivity contribution in [1.82, 2.24) is 15.0 Å². The molecule has 0 spiro atoms. The topological polar surface area (TPSA) is 41.1 Å². The molecule has 1 aromatic heterocycles. The van der Waals surface area contributed by atoms with E-state index in [1.807, 2.05) is 6.07 Å². The first-order valence-corrected chi connectivity index (χ1v) is 4.74. The van der Waals surface area contributed by atoms with Crippen LogP contribution in [0.25, 0.3) is 0 Å². The molecule has 1 aliphatic rings. The lowest BCUT2D eigenvalue weighted by Crippen LogP contribution is -2.35. The van der Waals surface area contributed by atoms with Gasteiger partial charge in [-0.05, 0) is 18.9 Å². The average Bonchev–Trinajstić information content (AvgIpc) is 2.21. The highest BCUT2D eigenvalue weighted by Gasteiger charge is 2.09. The SMILES string of the molecule is c1cnc(NN2CCCCC2)nc1. The minimum atomic E-state index is 0.699. The normalized spacial score (nSPS) is 18.5. The van der Waals surface area contributed by atoms with Gasteiger partial charge in [0.2, 0.25) is 5.95 Å². The molecule has 2 heterocycles. The van der Waals surface area contributed by atoms with Crippen molar-refractivity contribution in [3.8, 4) is 0 Å². The first-order valence-electron chi connectivity index (χ1n) is 4.74. The molecule has 0 aromatic carbocycles. The second kappa shape index (κ2) is 4.18. The Morgan fingerprint density at radius 2 is 1.77 bits per heavy atom. The van der Waals surface area contributed by atoms with Crippen molar-refractivity contribution in [1.29, 1.82) is 0 Å². The smallest absolute Gasteiger partial charge is 0.237 e. The Balaban J connectivity index is 1.90. The van der Waals surface area contributed by atoms with Crippen molar-refractivity contribution in [2.24, 2.45) is 0 Å². The van der Waals surface area contributed by atoms with Crippen LogP contribution in [0.3, 0.4) is 0 Å². The molecular formula is C9H14N4. The monoisotopic (exact) mass is 178 g/mol. The Labute approximate surface area is 78.0 Å². The van der Waals surface area contributed by atoms with Crippen LogP contribution in [0.1, 0.15) is 19.3 Å². The summed E-state index contributed by atoms with van der Waals surface area (Å²) >= 11 is 0. The number of hydrogen-bond donors (Lipinski definition) is 1. The molecule has 4 nitrogen and oxygen atoms in total. The van der Waals surface area contributed by atoms with Gasteiger partial charge in [0, 0.05) is 25.5 Å². The molecule has 0 unspecified atom stereocenters. The van der Waals surface area contributed by atoms with Crippen LogP contribution in [0.15, 0.2) is 18.5 Å². The van der Waals surface area contributed by atoms with Gasteiger partial charge in [-0.1, -0.05) is 6.42 Å². The maximum Gasteiger partial charge on any atom is 0.237 e. The molecule has 0 atom stereocenters. The fraction of sp³-hybridized carbons (Fsp3) is 0.556. The highest BCUT2D eigenvalue weighted by atomic mass is 15.5. The summed E-state index contributed by atoms with van der Waals surface area (Å²) in [4.78, 5) is 8.22. The zero-order chi connectivity index (χ0) is 8.93. The summed E-state index contributed by atoms with van der Waals surface area (Å²) < 4.78 is 0. The molecular weight excluding hydrogens is 164 g/mol. The summed E-state index contributed by atoms with van der Waals surface area (Å²) in [6.45, 7) is 2.19. The molecule has 4 heteroatoms. The van der Waals surface area contributed by atoms with E-state index in [1.54, 1.807) is 12.4 Å². The maximum atomic E-state index is 4.11. The highest BCUT2D eigenvalue weighted by Crippen LogP contribution is 2.08. The van der Waals surface area contributed by atoms with E-state index in [0.29, 0.717) is 5.95 Å². The highest BCUT2D eigenvalue weighted by molar-refractivity contribution is 5.20. The van der Waals surface area contributed by atoms with Crippen LogP contribution >= 0.6 is 0 Å². The molecule has 0 amide bonds. The number of nitrogens with zero attached hydrogens (tertiary/aromatic N) is 3. The second-order valence-corrected chi connectivity index (χ2v) is 3.23. The average molecular weight is 178 g/mol. The molecule has 1 aromatic rings. The zero-order valence-electron chi connectivity index (χ0n) is 7.61. The first-order chi connectivity index (χ1) is 6.45. The predicted octanol–water partition coefficient (Wildman–Crippen LogP) is 1.29. The molecule has 2 rings (SSSR count). The number of nitrogens with one attached hydrogen (secondary N) is 1. The van der Waals surface area contributed by atoms with Gasteiger partial charge in [-0.3, -0.25) is 5.43 Å². The molecule has 70 valence electrons. The predicted molar refractivity (Wildman–Crippen MR) is 51.1 cm³/mol. The minimum Gasteiger partial charge on any atom is -0.287 e. The molecule has 13 heavy (non-hydrogen) atoms. The molecule has 0 aliphatic carbocycles. The van der Waals surface area contributed by atoms with E-state index in [9.17, 15) is 0 Å². The third-order valence-corrected chi connectivity index (χ3v) is 2.18. The van der Waals surface area contributed by atoms with E-state index >= 15 is 0 Å². The van der Waals surface area contributed by atoms with Gasteiger partial charge in [-0.15, -0.1) is 0 Å². The summed E-state index contributed by atoms with van der Waals surface area (Å²) in [6.07, 6.45) is 7.37. The van der Waals surface area contributed by atoms with E-state index < -0.39 is 0 Å². The fourth-order valence-corrected chi connectivity index (χ4v) is 1.50. The molecule has 0 saturated carbocycles. The van der Waals surface area contributed by atoms with E-state index in [0.717, 1.165) is 13.1 Å². The van der Waals surface area contributed by atoms with Crippen molar-refractivity contribution < 1.29 is 0 Å². The van der Waals surface area contributed by atoms with Gasteiger partial charge in [-0.25, -0.2) is 15.0 Å². The molecule has 1 N–H and O–H groups in total. The Morgan fingerprint density at radius 1 is 1.08 bits per heavy atom. The number of piperidine rings is 1. The van der Waals surface area contributed by atoms with Gasteiger partial charge in [0.15, 0.2) is 0 Å². The summed E-state index contributed by atoms with van der Waals surface area (Å²) in [5.74, 6) is 0.699. The molecule has 0 bridgehead atoms. The second-order valence-electron chi connectivity index (χ2n) is 3.23. The van der Waals surface area contributed by atoms with Gasteiger partial charge < -0.3 is 0 Å². The zero-order valence-corrected chi connectivity index (χ0v) is 7.61.